The summed E-state index contributed by atoms with van der Waals surface area (Å²) in [6, 6.07) is 13.8. The molecular formula is C26H32BrNO4. The molecule has 0 radical (unpaired) electrons. The molecule has 0 heterocycles. The maximum atomic E-state index is 13.1. The molecule has 1 aliphatic carbocycles. The lowest BCUT2D eigenvalue weighted by Crippen LogP contribution is -2.42. The summed E-state index contributed by atoms with van der Waals surface area (Å²) in [6.45, 7) is 5.48. The van der Waals surface area contributed by atoms with Gasteiger partial charge >= 0.3 is 5.97 Å². The van der Waals surface area contributed by atoms with Crippen molar-refractivity contribution >= 4 is 33.5 Å². The molecule has 1 saturated carbocycles. The average Bonchev–Trinajstić information content (AvgIpc) is 3.25. The Balaban J connectivity index is 1.78. The van der Waals surface area contributed by atoms with Gasteiger partial charge < -0.3 is 14.8 Å². The number of rotatable bonds is 8. The van der Waals surface area contributed by atoms with Crippen LogP contribution in [-0.2, 0) is 19.7 Å². The third kappa shape index (κ3) is 5.17. The van der Waals surface area contributed by atoms with Crippen molar-refractivity contribution in [2.75, 3.05) is 12.4 Å². The smallest absolute Gasteiger partial charge is 0.349 e. The number of ether oxygens (including phenoxy) is 2. The van der Waals surface area contributed by atoms with Gasteiger partial charge in [0.25, 0.3) is 0 Å². The zero-order valence-electron chi connectivity index (χ0n) is 19.3. The van der Waals surface area contributed by atoms with Gasteiger partial charge in [0, 0.05) is 27.6 Å². The number of benzene rings is 2. The number of hydrogen-bond acceptors (Lipinski definition) is 4. The number of methoxy groups -OCH3 is 1. The number of carbonyl (C=O) groups is 2. The molecule has 1 N–H and O–H groups in total. The third-order valence-electron chi connectivity index (χ3n) is 6.70. The molecule has 6 heteroatoms. The Kier molecular flexibility index (Phi) is 7.65. The standard InChI is InChI=1S/C26H32BrNO4/c1-5-25(3,24(30)31-4)32-22-10-8-9-21(18(22)2)28-23(29)17-26(15-6-7-16-26)19-11-13-20(27)14-12-19/h8-14H,5-7,15-17H2,1-4H3,(H,28,29). The van der Waals surface area contributed by atoms with Crippen molar-refractivity contribution in [1.29, 1.82) is 0 Å². The lowest BCUT2D eigenvalue weighted by molar-refractivity contribution is -0.157. The van der Waals surface area contributed by atoms with Crippen LogP contribution >= 0.6 is 15.9 Å². The highest BCUT2D eigenvalue weighted by atomic mass is 79.9. The second-order valence-corrected chi connectivity index (χ2v) is 9.74. The maximum Gasteiger partial charge on any atom is 0.349 e. The fourth-order valence-corrected chi connectivity index (χ4v) is 4.77. The zero-order chi connectivity index (χ0) is 23.4. The predicted octanol–water partition coefficient (Wildman–Crippen LogP) is 6.32. The van der Waals surface area contributed by atoms with Crippen LogP contribution in [0, 0.1) is 6.92 Å². The summed E-state index contributed by atoms with van der Waals surface area (Å²) < 4.78 is 12.0. The fourth-order valence-electron chi connectivity index (χ4n) is 4.50. The second kappa shape index (κ2) is 10.1. The van der Waals surface area contributed by atoms with Crippen molar-refractivity contribution in [2.24, 2.45) is 0 Å². The van der Waals surface area contributed by atoms with Gasteiger partial charge in [0.2, 0.25) is 11.5 Å². The van der Waals surface area contributed by atoms with E-state index in [1.54, 1.807) is 6.92 Å². The second-order valence-electron chi connectivity index (χ2n) is 8.83. The van der Waals surface area contributed by atoms with Crippen molar-refractivity contribution in [3.05, 3.63) is 58.1 Å². The molecule has 1 fully saturated rings. The van der Waals surface area contributed by atoms with Gasteiger partial charge in [-0.15, -0.1) is 0 Å². The van der Waals surface area contributed by atoms with E-state index in [0.29, 0.717) is 24.3 Å². The van der Waals surface area contributed by atoms with E-state index in [0.717, 1.165) is 35.7 Å². The summed E-state index contributed by atoms with van der Waals surface area (Å²) in [4.78, 5) is 25.3. The molecule has 1 atom stereocenters. The van der Waals surface area contributed by atoms with Crippen molar-refractivity contribution in [2.45, 2.75) is 70.3 Å². The maximum absolute atomic E-state index is 13.1. The summed E-state index contributed by atoms with van der Waals surface area (Å²) >= 11 is 3.50. The Bertz CT molecular complexity index is 966. The normalized spacial score (nSPS) is 16.8. The molecule has 5 nitrogen and oxygen atoms in total. The third-order valence-corrected chi connectivity index (χ3v) is 7.23. The van der Waals surface area contributed by atoms with Crippen molar-refractivity contribution in [1.82, 2.24) is 0 Å². The average molecular weight is 502 g/mol. The molecule has 2 aromatic carbocycles. The number of nitrogens with one attached hydrogen (secondary N) is 1. The van der Waals surface area contributed by atoms with E-state index >= 15 is 0 Å². The molecule has 1 unspecified atom stereocenters. The van der Waals surface area contributed by atoms with E-state index < -0.39 is 11.6 Å². The molecule has 0 aromatic heterocycles. The minimum atomic E-state index is -1.09. The quantitative estimate of drug-likeness (QED) is 0.429. The van der Waals surface area contributed by atoms with Crippen LogP contribution in [0.3, 0.4) is 0 Å². The van der Waals surface area contributed by atoms with Gasteiger partial charge in [0.15, 0.2) is 0 Å². The van der Waals surface area contributed by atoms with Crippen molar-refractivity contribution in [3.8, 4) is 5.75 Å². The van der Waals surface area contributed by atoms with E-state index in [-0.39, 0.29) is 11.3 Å². The summed E-state index contributed by atoms with van der Waals surface area (Å²) in [7, 11) is 1.35. The van der Waals surface area contributed by atoms with Crippen LogP contribution < -0.4 is 10.1 Å². The van der Waals surface area contributed by atoms with Crippen LogP contribution in [0.5, 0.6) is 5.75 Å². The molecule has 0 saturated heterocycles. The van der Waals surface area contributed by atoms with Gasteiger partial charge in [-0.3, -0.25) is 4.79 Å². The Morgan fingerprint density at radius 3 is 2.38 bits per heavy atom. The first-order chi connectivity index (χ1) is 15.2. The highest BCUT2D eigenvalue weighted by Gasteiger charge is 2.38. The molecule has 0 aliphatic heterocycles. The van der Waals surface area contributed by atoms with E-state index in [1.807, 2.05) is 44.2 Å². The number of carbonyl (C=O) groups excluding carboxylic acids is 2. The van der Waals surface area contributed by atoms with Crippen LogP contribution in [0.2, 0.25) is 0 Å². The van der Waals surface area contributed by atoms with E-state index in [2.05, 4.69) is 33.4 Å². The lowest BCUT2D eigenvalue weighted by Gasteiger charge is -2.30. The Morgan fingerprint density at radius 2 is 1.78 bits per heavy atom. The summed E-state index contributed by atoms with van der Waals surface area (Å²) in [5.74, 6) is 0.119. The van der Waals surface area contributed by atoms with E-state index in [1.165, 1.54) is 12.7 Å². The molecule has 3 rings (SSSR count). The summed E-state index contributed by atoms with van der Waals surface area (Å²) in [5.41, 5.74) is 1.49. The highest BCUT2D eigenvalue weighted by Crippen LogP contribution is 2.44. The largest absolute Gasteiger partial charge is 0.476 e. The molecule has 0 bridgehead atoms. The van der Waals surface area contributed by atoms with Gasteiger partial charge in [-0.1, -0.05) is 53.9 Å². The van der Waals surface area contributed by atoms with Gasteiger partial charge in [0.05, 0.1) is 7.11 Å². The topological polar surface area (TPSA) is 64.6 Å². The Hall–Kier alpha value is -2.34. The van der Waals surface area contributed by atoms with Crippen LogP contribution in [0.15, 0.2) is 46.9 Å². The minimum absolute atomic E-state index is 0.0127. The summed E-state index contributed by atoms with van der Waals surface area (Å²) in [5, 5.41) is 3.09. The molecule has 2 aromatic rings. The van der Waals surface area contributed by atoms with Crippen LogP contribution in [0.1, 0.15) is 63.5 Å². The van der Waals surface area contributed by atoms with Gasteiger partial charge in [-0.2, -0.15) is 0 Å². The van der Waals surface area contributed by atoms with Crippen molar-refractivity contribution < 1.29 is 19.1 Å². The Morgan fingerprint density at radius 1 is 1.12 bits per heavy atom. The number of halogens is 1. The molecule has 172 valence electrons. The van der Waals surface area contributed by atoms with Crippen LogP contribution in [-0.4, -0.2) is 24.6 Å². The van der Waals surface area contributed by atoms with Gasteiger partial charge in [-0.05, 0) is 62.9 Å². The molecule has 1 amide bonds. The molecule has 0 spiro atoms. The number of hydrogen-bond donors (Lipinski definition) is 1. The highest BCUT2D eigenvalue weighted by molar-refractivity contribution is 9.10. The molecule has 32 heavy (non-hydrogen) atoms. The zero-order valence-corrected chi connectivity index (χ0v) is 20.9. The first-order valence-electron chi connectivity index (χ1n) is 11.2. The minimum Gasteiger partial charge on any atom is -0.476 e. The Labute approximate surface area is 199 Å². The van der Waals surface area contributed by atoms with Crippen LogP contribution in [0.25, 0.3) is 0 Å². The fraction of sp³-hybridized carbons (Fsp3) is 0.462. The first-order valence-corrected chi connectivity index (χ1v) is 12.0. The van der Waals surface area contributed by atoms with E-state index in [4.69, 9.17) is 9.47 Å². The SMILES string of the molecule is CCC(C)(Oc1cccc(NC(=O)CC2(c3ccc(Br)cc3)CCCC2)c1C)C(=O)OC. The lowest BCUT2D eigenvalue weighted by atomic mass is 9.76. The van der Waals surface area contributed by atoms with E-state index in [9.17, 15) is 9.59 Å². The van der Waals surface area contributed by atoms with Crippen molar-refractivity contribution in [3.63, 3.8) is 0 Å². The number of anilines is 1. The number of amides is 1. The predicted molar refractivity (Wildman–Crippen MR) is 130 cm³/mol. The van der Waals surface area contributed by atoms with Gasteiger partial charge in [0.1, 0.15) is 5.75 Å². The molecule has 1 aliphatic rings. The van der Waals surface area contributed by atoms with Crippen LogP contribution in [0.4, 0.5) is 5.69 Å². The monoisotopic (exact) mass is 501 g/mol. The first kappa shape index (κ1) is 24.3. The number of esters is 1. The molecular weight excluding hydrogens is 470 g/mol. The summed E-state index contributed by atoms with van der Waals surface area (Å²) in [6.07, 6.45) is 5.19. The van der Waals surface area contributed by atoms with Gasteiger partial charge in [-0.25, -0.2) is 4.79 Å².